The van der Waals surface area contributed by atoms with Crippen LogP contribution in [0.25, 0.3) is 0 Å². The van der Waals surface area contributed by atoms with Crippen LogP contribution in [0.1, 0.15) is 62.3 Å². The molecule has 7 nitrogen and oxygen atoms in total. The van der Waals surface area contributed by atoms with E-state index in [-0.39, 0.29) is 23.5 Å². The Morgan fingerprint density at radius 2 is 1.76 bits per heavy atom. The maximum absolute atomic E-state index is 12.2. The predicted molar refractivity (Wildman–Crippen MR) is 111 cm³/mol. The van der Waals surface area contributed by atoms with Crippen LogP contribution in [-0.4, -0.2) is 32.3 Å². The Bertz CT molecular complexity index is 844. The van der Waals surface area contributed by atoms with Gasteiger partial charge in [0, 0.05) is 11.8 Å². The van der Waals surface area contributed by atoms with Crippen LogP contribution >= 0.6 is 11.8 Å². The van der Waals surface area contributed by atoms with Gasteiger partial charge in [-0.3, -0.25) is 20.4 Å². The second kappa shape index (κ2) is 9.43. The minimum atomic E-state index is -0.235. The summed E-state index contributed by atoms with van der Waals surface area (Å²) in [6.45, 7) is 0.696. The number of carbonyl (C=O) groups excluding carboxylic acids is 2. The minimum Gasteiger partial charge on any atom is -0.301 e. The molecule has 0 spiro atoms. The summed E-state index contributed by atoms with van der Waals surface area (Å²) in [6, 6.07) is 10.2. The van der Waals surface area contributed by atoms with E-state index >= 15 is 0 Å². The number of nitrogens with zero attached hydrogens (tertiary/aromatic N) is 3. The molecule has 0 bridgehead atoms. The van der Waals surface area contributed by atoms with Gasteiger partial charge in [0.15, 0.2) is 5.16 Å². The van der Waals surface area contributed by atoms with E-state index in [0.717, 1.165) is 49.5 Å². The number of hydrogen-bond donors (Lipinski definition) is 2. The van der Waals surface area contributed by atoms with E-state index in [1.807, 2.05) is 18.2 Å². The first-order valence-electron chi connectivity index (χ1n) is 10.4. The molecular formula is C21H27N5O2S. The molecule has 2 saturated carbocycles. The van der Waals surface area contributed by atoms with Crippen LogP contribution in [0.2, 0.25) is 0 Å². The van der Waals surface area contributed by atoms with Crippen molar-refractivity contribution in [1.29, 1.82) is 0 Å². The van der Waals surface area contributed by atoms with Crippen molar-refractivity contribution in [2.45, 2.75) is 62.6 Å². The number of benzene rings is 1. The van der Waals surface area contributed by atoms with E-state index in [1.165, 1.54) is 23.7 Å². The van der Waals surface area contributed by atoms with Crippen LogP contribution in [0.5, 0.6) is 0 Å². The molecule has 1 heterocycles. The lowest BCUT2D eigenvalue weighted by molar-refractivity contribution is -0.131. The van der Waals surface area contributed by atoms with Gasteiger partial charge in [0.05, 0.1) is 12.3 Å². The van der Waals surface area contributed by atoms with Crippen LogP contribution in [-0.2, 0) is 16.1 Å². The van der Waals surface area contributed by atoms with Crippen molar-refractivity contribution in [1.82, 2.24) is 25.6 Å². The number of aromatic nitrogens is 3. The SMILES string of the molecule is O=C(CSc1nnc(C2CC2)n1Cc1ccccc1)NNC(=O)C1CCCCC1. The smallest absolute Gasteiger partial charge is 0.248 e. The van der Waals surface area contributed by atoms with Crippen molar-refractivity contribution < 1.29 is 9.59 Å². The van der Waals surface area contributed by atoms with Gasteiger partial charge >= 0.3 is 0 Å². The van der Waals surface area contributed by atoms with Gasteiger partial charge < -0.3 is 4.57 Å². The van der Waals surface area contributed by atoms with Crippen LogP contribution in [0.15, 0.2) is 35.5 Å². The summed E-state index contributed by atoms with van der Waals surface area (Å²) in [5.74, 6) is 1.37. The van der Waals surface area contributed by atoms with Crippen molar-refractivity contribution in [3.8, 4) is 0 Å². The van der Waals surface area contributed by atoms with Crippen molar-refractivity contribution in [2.75, 3.05) is 5.75 Å². The second-order valence-corrected chi connectivity index (χ2v) is 8.79. The molecule has 154 valence electrons. The van der Waals surface area contributed by atoms with Gasteiger partial charge in [0.1, 0.15) is 5.82 Å². The summed E-state index contributed by atoms with van der Waals surface area (Å²) in [5, 5.41) is 9.44. The van der Waals surface area contributed by atoms with E-state index in [4.69, 9.17) is 0 Å². The summed E-state index contributed by atoms with van der Waals surface area (Å²) in [7, 11) is 0. The standard InChI is InChI=1S/C21H27N5O2S/c27-18(22-24-20(28)17-9-5-2-6-10-17)14-29-21-25-23-19(16-11-12-16)26(21)13-15-7-3-1-4-8-15/h1,3-4,7-8,16-17H,2,5-6,9-14H2,(H,22,27)(H,24,28). The highest BCUT2D eigenvalue weighted by Gasteiger charge is 2.30. The Hall–Kier alpha value is -2.35. The normalized spacial score (nSPS) is 17.1. The Morgan fingerprint density at radius 3 is 2.48 bits per heavy atom. The molecule has 1 aromatic carbocycles. The highest BCUT2D eigenvalue weighted by Crippen LogP contribution is 2.40. The van der Waals surface area contributed by atoms with Crippen LogP contribution in [0.4, 0.5) is 0 Å². The summed E-state index contributed by atoms with van der Waals surface area (Å²) >= 11 is 1.35. The van der Waals surface area contributed by atoms with Crippen molar-refractivity contribution >= 4 is 23.6 Å². The lowest BCUT2D eigenvalue weighted by Gasteiger charge is -2.20. The zero-order chi connectivity index (χ0) is 20.1. The van der Waals surface area contributed by atoms with Gasteiger partial charge in [-0.15, -0.1) is 10.2 Å². The number of thioether (sulfide) groups is 1. The van der Waals surface area contributed by atoms with E-state index < -0.39 is 0 Å². The van der Waals surface area contributed by atoms with Crippen molar-refractivity contribution in [2.24, 2.45) is 5.92 Å². The van der Waals surface area contributed by atoms with Crippen LogP contribution in [0, 0.1) is 5.92 Å². The van der Waals surface area contributed by atoms with Gasteiger partial charge in [-0.25, -0.2) is 0 Å². The van der Waals surface area contributed by atoms with E-state index in [1.54, 1.807) is 0 Å². The van der Waals surface area contributed by atoms with Gasteiger partial charge in [0.25, 0.3) is 0 Å². The first kappa shape index (κ1) is 19.9. The predicted octanol–water partition coefficient (Wildman–Crippen LogP) is 3.02. The van der Waals surface area contributed by atoms with Crippen LogP contribution in [0.3, 0.4) is 0 Å². The third-order valence-electron chi connectivity index (χ3n) is 5.50. The molecule has 0 unspecified atom stereocenters. The number of carbonyl (C=O) groups is 2. The lowest BCUT2D eigenvalue weighted by atomic mass is 9.89. The Labute approximate surface area is 175 Å². The molecule has 4 rings (SSSR count). The van der Waals surface area contributed by atoms with Crippen molar-refractivity contribution in [3.05, 3.63) is 41.7 Å². The number of amides is 2. The molecule has 1 aromatic heterocycles. The molecule has 2 N–H and O–H groups in total. The molecule has 0 radical (unpaired) electrons. The molecule has 0 aliphatic heterocycles. The fraction of sp³-hybridized carbons (Fsp3) is 0.524. The topological polar surface area (TPSA) is 88.9 Å². The molecule has 2 aliphatic rings. The first-order valence-corrected chi connectivity index (χ1v) is 11.4. The lowest BCUT2D eigenvalue weighted by Crippen LogP contribution is -2.45. The molecule has 29 heavy (non-hydrogen) atoms. The summed E-state index contributed by atoms with van der Waals surface area (Å²) in [6.07, 6.45) is 7.46. The first-order chi connectivity index (χ1) is 14.2. The van der Waals surface area contributed by atoms with E-state index in [0.29, 0.717) is 12.5 Å². The number of hydrogen-bond acceptors (Lipinski definition) is 5. The molecule has 2 aromatic rings. The van der Waals surface area contributed by atoms with E-state index in [2.05, 4.69) is 37.7 Å². The minimum absolute atomic E-state index is 0.0202. The Balaban J connectivity index is 1.32. The zero-order valence-corrected chi connectivity index (χ0v) is 17.3. The van der Waals surface area contributed by atoms with Crippen molar-refractivity contribution in [3.63, 3.8) is 0 Å². The quantitative estimate of drug-likeness (QED) is 0.538. The third-order valence-corrected chi connectivity index (χ3v) is 6.47. The molecule has 8 heteroatoms. The highest BCUT2D eigenvalue weighted by atomic mass is 32.2. The Morgan fingerprint density at radius 1 is 1.00 bits per heavy atom. The molecule has 0 atom stereocenters. The number of nitrogens with one attached hydrogen (secondary N) is 2. The average molecular weight is 414 g/mol. The zero-order valence-electron chi connectivity index (χ0n) is 16.5. The summed E-state index contributed by atoms with van der Waals surface area (Å²) < 4.78 is 2.12. The maximum atomic E-state index is 12.2. The molecule has 2 aliphatic carbocycles. The number of rotatable bonds is 7. The van der Waals surface area contributed by atoms with Gasteiger partial charge in [0.2, 0.25) is 11.8 Å². The van der Waals surface area contributed by atoms with Gasteiger partial charge in [-0.2, -0.15) is 0 Å². The third kappa shape index (κ3) is 5.38. The largest absolute Gasteiger partial charge is 0.301 e. The maximum Gasteiger partial charge on any atom is 0.248 e. The average Bonchev–Trinajstić information content (AvgIpc) is 3.53. The van der Waals surface area contributed by atoms with Gasteiger partial charge in [-0.1, -0.05) is 61.4 Å². The second-order valence-electron chi connectivity index (χ2n) is 7.85. The molecule has 2 amide bonds. The summed E-state index contributed by atoms with van der Waals surface area (Å²) in [4.78, 5) is 24.4. The monoisotopic (exact) mass is 413 g/mol. The molecular weight excluding hydrogens is 386 g/mol. The highest BCUT2D eigenvalue weighted by molar-refractivity contribution is 7.99. The Kier molecular flexibility index (Phi) is 6.49. The van der Waals surface area contributed by atoms with E-state index in [9.17, 15) is 9.59 Å². The van der Waals surface area contributed by atoms with Crippen LogP contribution < -0.4 is 10.9 Å². The molecule has 0 saturated heterocycles. The van der Waals surface area contributed by atoms with Gasteiger partial charge in [-0.05, 0) is 31.2 Å². The fourth-order valence-corrected chi connectivity index (χ4v) is 4.47. The summed E-state index contributed by atoms with van der Waals surface area (Å²) in [5.41, 5.74) is 6.31. The fourth-order valence-electron chi connectivity index (χ4n) is 3.73. The number of hydrazine groups is 1. The molecule has 2 fully saturated rings.